The van der Waals surface area contributed by atoms with E-state index >= 15 is 0 Å². The van der Waals surface area contributed by atoms with Crippen LogP contribution >= 0.6 is 0 Å². The Morgan fingerprint density at radius 3 is 0.719 bits per heavy atom. The first kappa shape index (κ1) is 71.6. The van der Waals surface area contributed by atoms with Crippen molar-refractivity contribution in [3.8, 4) is 89.5 Å². The molecule has 5 nitrogen and oxygen atoms in total. The van der Waals surface area contributed by atoms with Crippen LogP contribution in [0.4, 0.5) is 5.69 Å². The first-order chi connectivity index (χ1) is 59.9. The van der Waals surface area contributed by atoms with Crippen LogP contribution in [0.2, 0.25) is 0 Å². The second kappa shape index (κ2) is 30.3. The summed E-state index contributed by atoms with van der Waals surface area (Å²) in [6, 6.07) is 170. The summed E-state index contributed by atoms with van der Waals surface area (Å²) in [5, 5.41) is 15.1. The molecule has 0 aliphatic rings. The van der Waals surface area contributed by atoms with Crippen molar-refractivity contribution in [3.63, 3.8) is 0 Å². The Balaban J connectivity index is 0.000000151. The Labute approximate surface area is 703 Å². The first-order valence-electron chi connectivity index (χ1n) is 41.4. The third-order valence-corrected chi connectivity index (χ3v) is 29.3. The molecule has 0 aliphatic carbocycles. The van der Waals surface area contributed by atoms with E-state index in [4.69, 9.17) is 6.57 Å². The zero-order chi connectivity index (χ0) is 80.3. The van der Waals surface area contributed by atoms with Crippen LogP contribution in [0.3, 0.4) is 0 Å². The average Bonchev–Trinajstić information content (AvgIpc) is 1.69. The van der Waals surface area contributed by atoms with E-state index < -0.39 is 8.07 Å². The molecule has 566 valence electrons. The van der Waals surface area contributed by atoms with E-state index in [1.807, 2.05) is 18.2 Å². The molecule has 0 aliphatic heterocycles. The quantitative estimate of drug-likeness (QED) is 0.0589. The van der Waals surface area contributed by atoms with Crippen molar-refractivity contribution in [3.05, 3.63) is 479 Å². The topological polar surface area (TPSA) is 24.1 Å². The largest absolute Gasteiger partial charge is 0.311 e. The number of hydrogen-bond donors (Lipinski definition) is 0. The van der Waals surface area contributed by atoms with Crippen molar-refractivity contribution in [1.29, 1.82) is 0 Å². The number of para-hydroxylation sites is 4. The molecular formula is C115H77N5Si. The number of nitrogens with zero attached hydrogens (tertiary/aromatic N) is 5. The molecule has 0 atom stereocenters. The normalized spacial score (nSPS) is 11.6. The van der Waals surface area contributed by atoms with Gasteiger partial charge in [0, 0.05) is 71.4 Å². The van der Waals surface area contributed by atoms with Crippen molar-refractivity contribution in [2.75, 3.05) is 0 Å². The van der Waals surface area contributed by atoms with Gasteiger partial charge < -0.3 is 18.3 Å². The predicted octanol–water partition coefficient (Wildman–Crippen LogP) is 27.7. The van der Waals surface area contributed by atoms with Crippen molar-refractivity contribution in [2.45, 2.75) is 0 Å². The van der Waals surface area contributed by atoms with Crippen LogP contribution in [0.15, 0.2) is 467 Å². The number of fused-ring (bicyclic) bond motifs is 12. The molecule has 0 N–H and O–H groups in total. The van der Waals surface area contributed by atoms with Gasteiger partial charge in [-0.15, -0.1) is 0 Å². The molecule has 0 saturated carbocycles. The van der Waals surface area contributed by atoms with E-state index in [1.54, 1.807) is 0 Å². The van der Waals surface area contributed by atoms with Gasteiger partial charge in [-0.1, -0.05) is 334 Å². The molecule has 0 bridgehead atoms. The standard InChI is InChI=1S/C66H46N2Si.C49H31N3/c1-7-20-47(21-8-1)48-22-19-23-49(42-48)52-34-38-59-61-43-50(35-40-63(61)67(65(59)45-52)53-24-9-2-10-25-53)51-36-41-64-62(44-51)60-39-37-58(46-66(60)68(64)54-26-11-3-12-27-54)69(55-28-13-4-14-29-55,56-30-15-5-16-31-56)57-32-17-6-18-33-57;1-50-39-23-25-43-45-30-37(22-27-47(45)52(49(43)32-39)41-18-9-4-10-19-41)36-21-26-46-44(29-36)42-24-20-38(31-48(42)51(46)40-16-7-3-8-17-40)35-15-11-14-34(28-35)33-12-5-2-6-13-33/h1-46H;2-32H. The summed E-state index contributed by atoms with van der Waals surface area (Å²) in [5.41, 5.74) is 28.8. The van der Waals surface area contributed by atoms with Crippen molar-refractivity contribution in [1.82, 2.24) is 18.3 Å². The summed E-state index contributed by atoms with van der Waals surface area (Å²) in [5.74, 6) is 0. The van der Waals surface area contributed by atoms with Crippen LogP contribution in [-0.2, 0) is 0 Å². The van der Waals surface area contributed by atoms with Crippen LogP contribution < -0.4 is 20.7 Å². The fourth-order valence-electron chi connectivity index (χ4n) is 19.0. The molecule has 0 saturated heterocycles. The summed E-state index contributed by atoms with van der Waals surface area (Å²) in [4.78, 5) is 3.74. The Morgan fingerprint density at radius 2 is 0.397 bits per heavy atom. The highest BCUT2D eigenvalue weighted by Gasteiger charge is 2.42. The van der Waals surface area contributed by atoms with Gasteiger partial charge in [0.15, 0.2) is 13.8 Å². The molecule has 4 aromatic heterocycles. The molecule has 0 amide bonds. The van der Waals surface area contributed by atoms with E-state index in [0.29, 0.717) is 5.69 Å². The zero-order valence-electron chi connectivity index (χ0n) is 66.2. The van der Waals surface area contributed by atoms with E-state index in [0.717, 1.165) is 44.7 Å². The maximum absolute atomic E-state index is 7.67. The van der Waals surface area contributed by atoms with Crippen LogP contribution in [0.5, 0.6) is 0 Å². The lowest BCUT2D eigenvalue weighted by atomic mass is 9.97. The second-order valence-electron chi connectivity index (χ2n) is 31.4. The first-order valence-corrected chi connectivity index (χ1v) is 43.4. The number of hydrogen-bond acceptors (Lipinski definition) is 0. The van der Waals surface area contributed by atoms with Crippen LogP contribution in [0.1, 0.15) is 0 Å². The van der Waals surface area contributed by atoms with Crippen LogP contribution in [-0.4, -0.2) is 26.3 Å². The van der Waals surface area contributed by atoms with Gasteiger partial charge in [-0.3, -0.25) is 0 Å². The second-order valence-corrected chi connectivity index (χ2v) is 35.2. The molecule has 6 heteroatoms. The smallest absolute Gasteiger partial charge is 0.189 e. The number of benzene rings is 19. The van der Waals surface area contributed by atoms with E-state index in [-0.39, 0.29) is 0 Å². The van der Waals surface area contributed by atoms with Crippen LogP contribution in [0, 0.1) is 6.57 Å². The van der Waals surface area contributed by atoms with E-state index in [9.17, 15) is 0 Å². The predicted molar refractivity (Wildman–Crippen MR) is 513 cm³/mol. The average molecular weight is 1560 g/mol. The highest BCUT2D eigenvalue weighted by molar-refractivity contribution is 7.20. The van der Waals surface area contributed by atoms with Crippen LogP contribution in [0.25, 0.3) is 182 Å². The van der Waals surface area contributed by atoms with E-state index in [1.165, 1.54) is 153 Å². The Bertz CT molecular complexity index is 7810. The molecule has 121 heavy (non-hydrogen) atoms. The summed E-state index contributed by atoms with van der Waals surface area (Å²) in [7, 11) is -2.78. The molecular weight excluding hydrogens is 1480 g/mol. The van der Waals surface area contributed by atoms with Crippen molar-refractivity contribution in [2.24, 2.45) is 0 Å². The lowest BCUT2D eigenvalue weighted by molar-refractivity contribution is 1.18. The number of rotatable bonds is 14. The third-order valence-electron chi connectivity index (χ3n) is 24.6. The molecule has 23 aromatic rings. The van der Waals surface area contributed by atoms with Gasteiger partial charge >= 0.3 is 0 Å². The summed E-state index contributed by atoms with van der Waals surface area (Å²) in [6.45, 7) is 7.67. The molecule has 0 unspecified atom stereocenters. The Kier molecular flexibility index (Phi) is 17.9. The minimum Gasteiger partial charge on any atom is -0.311 e. The summed E-state index contributed by atoms with van der Waals surface area (Å²) < 4.78 is 9.57. The number of aromatic nitrogens is 4. The molecule has 4 heterocycles. The van der Waals surface area contributed by atoms with Gasteiger partial charge in [-0.25, -0.2) is 4.85 Å². The maximum Gasteiger partial charge on any atom is 0.189 e. The fraction of sp³-hybridized carbons (Fsp3) is 0. The molecule has 23 rings (SSSR count). The van der Waals surface area contributed by atoms with Crippen molar-refractivity contribution < 1.29 is 0 Å². The van der Waals surface area contributed by atoms with Gasteiger partial charge in [-0.05, 0) is 221 Å². The fourth-order valence-corrected chi connectivity index (χ4v) is 23.7. The maximum atomic E-state index is 7.67. The summed E-state index contributed by atoms with van der Waals surface area (Å²) >= 11 is 0. The Morgan fingerprint density at radius 1 is 0.157 bits per heavy atom. The molecule has 0 fully saturated rings. The van der Waals surface area contributed by atoms with E-state index in [2.05, 4.69) is 472 Å². The van der Waals surface area contributed by atoms with Gasteiger partial charge in [0.2, 0.25) is 0 Å². The molecule has 19 aromatic carbocycles. The van der Waals surface area contributed by atoms with Gasteiger partial charge in [0.1, 0.15) is 0 Å². The third kappa shape index (κ3) is 12.5. The minimum absolute atomic E-state index is 0.639. The zero-order valence-corrected chi connectivity index (χ0v) is 67.2. The monoisotopic (exact) mass is 1560 g/mol. The van der Waals surface area contributed by atoms with Crippen molar-refractivity contribution >= 4 is 122 Å². The molecule has 0 radical (unpaired) electrons. The minimum atomic E-state index is -2.78. The Hall–Kier alpha value is -15.9. The lowest BCUT2D eigenvalue weighted by Gasteiger charge is -2.34. The van der Waals surface area contributed by atoms with Gasteiger partial charge in [0.25, 0.3) is 0 Å². The van der Waals surface area contributed by atoms with Gasteiger partial charge in [-0.2, -0.15) is 0 Å². The highest BCUT2D eigenvalue weighted by Crippen LogP contribution is 2.44. The highest BCUT2D eigenvalue weighted by atomic mass is 28.3. The lowest BCUT2D eigenvalue weighted by Crippen LogP contribution is -2.74. The molecule has 0 spiro atoms. The SMILES string of the molecule is [C-]#[N+]c1ccc2c3cc(-c4ccc5c(c4)c4ccc(-c6cccc(-c7ccccc7)c6)cc4n5-c4ccccc4)ccc3n(-c3ccccc3)c2c1.c1ccc(-c2cccc(-c3ccc4c5cc(-c6ccc7c(c6)c6ccc([Si](c8ccccc8)(c8ccccc8)c8ccccc8)cc6n7-c6ccccc6)ccc5n(-c5ccccc5)c4c3)c2)cc1. The summed E-state index contributed by atoms with van der Waals surface area (Å²) in [6.07, 6.45) is 0. The van der Waals surface area contributed by atoms with Gasteiger partial charge in [0.05, 0.1) is 45.2 Å².